The molecule has 2 atom stereocenters. The molecule has 0 radical (unpaired) electrons. The summed E-state index contributed by atoms with van der Waals surface area (Å²) >= 11 is 0. The lowest BCUT2D eigenvalue weighted by molar-refractivity contribution is 0.0652. The highest BCUT2D eigenvalue weighted by Gasteiger charge is 2.18. The van der Waals surface area contributed by atoms with Crippen molar-refractivity contribution in [1.29, 1.82) is 0 Å². The van der Waals surface area contributed by atoms with Crippen molar-refractivity contribution in [3.8, 4) is 11.5 Å². The number of hydrogen-bond donors (Lipinski definition) is 1. The zero-order valence-electron chi connectivity index (χ0n) is 17.0. The molecule has 0 bridgehead atoms. The number of rotatable bonds is 10. The summed E-state index contributed by atoms with van der Waals surface area (Å²) in [5.74, 6) is 1.69. The molecule has 2 fully saturated rings. The zero-order chi connectivity index (χ0) is 19.7. The van der Waals surface area contributed by atoms with Crippen molar-refractivity contribution in [1.82, 2.24) is 5.32 Å². The van der Waals surface area contributed by atoms with Crippen LogP contribution in [0.25, 0.3) is 0 Å². The summed E-state index contributed by atoms with van der Waals surface area (Å²) in [4.78, 5) is 0. The van der Waals surface area contributed by atoms with Crippen LogP contribution < -0.4 is 14.8 Å². The number of benzene rings is 2. The van der Waals surface area contributed by atoms with Crippen LogP contribution in [0.1, 0.15) is 36.8 Å². The first kappa shape index (κ1) is 20.2. The highest BCUT2D eigenvalue weighted by atomic mass is 16.5. The monoisotopic (exact) mass is 397 g/mol. The highest BCUT2D eigenvalue weighted by molar-refractivity contribution is 5.41. The average Bonchev–Trinajstić information content (AvgIpc) is 3.47. The highest BCUT2D eigenvalue weighted by Crippen LogP contribution is 2.27. The number of nitrogens with one attached hydrogen (secondary N) is 1. The maximum absolute atomic E-state index is 6.16. The van der Waals surface area contributed by atoms with Crippen molar-refractivity contribution in [2.45, 2.75) is 51.0 Å². The van der Waals surface area contributed by atoms with Crippen LogP contribution >= 0.6 is 0 Å². The maximum atomic E-state index is 6.16. The largest absolute Gasteiger partial charge is 0.491 e. The summed E-state index contributed by atoms with van der Waals surface area (Å²) in [7, 11) is 0. The maximum Gasteiger partial charge on any atom is 0.127 e. The van der Waals surface area contributed by atoms with Crippen LogP contribution in [0.15, 0.2) is 48.5 Å². The second-order valence-electron chi connectivity index (χ2n) is 7.75. The molecule has 0 aromatic heterocycles. The third-order valence-electron chi connectivity index (χ3n) is 5.43. The Morgan fingerprint density at radius 3 is 2.24 bits per heavy atom. The fourth-order valence-electron chi connectivity index (χ4n) is 3.77. The lowest BCUT2D eigenvalue weighted by atomic mass is 10.1. The second kappa shape index (κ2) is 10.6. The van der Waals surface area contributed by atoms with E-state index in [1.807, 2.05) is 18.2 Å². The number of hydrogen-bond acceptors (Lipinski definition) is 5. The lowest BCUT2D eigenvalue weighted by Crippen LogP contribution is -2.19. The van der Waals surface area contributed by atoms with Gasteiger partial charge < -0.3 is 24.3 Å². The lowest BCUT2D eigenvalue weighted by Gasteiger charge is -2.17. The van der Waals surface area contributed by atoms with E-state index < -0.39 is 0 Å². The molecular formula is C24H31NO4. The van der Waals surface area contributed by atoms with Crippen molar-refractivity contribution in [2.24, 2.45) is 0 Å². The summed E-state index contributed by atoms with van der Waals surface area (Å²) in [6, 6.07) is 16.5. The minimum absolute atomic E-state index is 0.191. The Hall–Kier alpha value is -2.08. The molecule has 5 nitrogen and oxygen atoms in total. The predicted octanol–water partition coefficient (Wildman–Crippen LogP) is 4.09. The van der Waals surface area contributed by atoms with E-state index in [2.05, 4.69) is 35.6 Å². The molecule has 5 heteroatoms. The number of ether oxygens (including phenoxy) is 4. The Bertz CT molecular complexity index is 740. The van der Waals surface area contributed by atoms with Crippen molar-refractivity contribution in [2.75, 3.05) is 26.4 Å². The molecule has 0 aliphatic carbocycles. The fourth-order valence-corrected chi connectivity index (χ4v) is 3.77. The van der Waals surface area contributed by atoms with Crippen LogP contribution in [0.3, 0.4) is 0 Å². The van der Waals surface area contributed by atoms with E-state index in [4.69, 9.17) is 18.9 Å². The van der Waals surface area contributed by atoms with Crippen LogP contribution in [-0.4, -0.2) is 38.6 Å². The van der Waals surface area contributed by atoms with Gasteiger partial charge in [-0.2, -0.15) is 0 Å². The molecule has 156 valence electrons. The molecule has 4 rings (SSSR count). The summed E-state index contributed by atoms with van der Waals surface area (Å²) in [6.45, 7) is 4.42. The predicted molar refractivity (Wildman–Crippen MR) is 112 cm³/mol. The van der Waals surface area contributed by atoms with Gasteiger partial charge in [-0.05, 0) is 37.3 Å². The summed E-state index contributed by atoms with van der Waals surface area (Å²) in [5.41, 5.74) is 2.40. The third-order valence-corrected chi connectivity index (χ3v) is 5.43. The van der Waals surface area contributed by atoms with Crippen LogP contribution in [0.4, 0.5) is 0 Å². The first-order valence-electron chi connectivity index (χ1n) is 10.7. The molecule has 0 amide bonds. The molecule has 0 saturated carbocycles. The Labute approximate surface area is 173 Å². The first-order chi connectivity index (χ1) is 14.4. The van der Waals surface area contributed by atoms with E-state index in [-0.39, 0.29) is 12.2 Å². The molecule has 0 spiro atoms. The van der Waals surface area contributed by atoms with Crippen LogP contribution in [-0.2, 0) is 22.6 Å². The van der Waals surface area contributed by atoms with Gasteiger partial charge in [-0.3, -0.25) is 0 Å². The van der Waals surface area contributed by atoms with Crippen molar-refractivity contribution in [3.63, 3.8) is 0 Å². The van der Waals surface area contributed by atoms with E-state index in [0.29, 0.717) is 13.2 Å². The molecular weight excluding hydrogens is 366 g/mol. The molecule has 2 saturated heterocycles. The van der Waals surface area contributed by atoms with Gasteiger partial charge in [0, 0.05) is 37.9 Å². The standard InChI is InChI=1S/C24H31NO4/c1-2-6-19(7-3-1)15-25-16-20-10-11-21(28-17-22-8-4-12-26-22)14-24(20)29-18-23-9-5-13-27-23/h1-3,6-7,10-11,14,22-23,25H,4-5,8-9,12-13,15-18H2. The van der Waals surface area contributed by atoms with Crippen molar-refractivity contribution < 1.29 is 18.9 Å². The van der Waals surface area contributed by atoms with Gasteiger partial charge in [-0.1, -0.05) is 36.4 Å². The van der Waals surface area contributed by atoms with Crippen molar-refractivity contribution in [3.05, 3.63) is 59.7 Å². The van der Waals surface area contributed by atoms with E-state index in [0.717, 1.165) is 69.0 Å². The molecule has 2 aromatic rings. The minimum atomic E-state index is 0.191. The Kier molecular flexibility index (Phi) is 7.40. The van der Waals surface area contributed by atoms with E-state index >= 15 is 0 Å². The smallest absolute Gasteiger partial charge is 0.127 e. The van der Waals surface area contributed by atoms with Gasteiger partial charge in [-0.25, -0.2) is 0 Å². The summed E-state index contributed by atoms with van der Waals surface area (Å²) in [5, 5.41) is 3.51. The molecule has 2 aromatic carbocycles. The molecule has 2 aliphatic rings. The molecule has 2 heterocycles. The Morgan fingerprint density at radius 1 is 0.828 bits per heavy atom. The first-order valence-corrected chi connectivity index (χ1v) is 10.7. The third kappa shape index (κ3) is 6.20. The minimum Gasteiger partial charge on any atom is -0.491 e. The second-order valence-corrected chi connectivity index (χ2v) is 7.75. The van der Waals surface area contributed by atoms with Crippen molar-refractivity contribution >= 4 is 0 Å². The normalized spacial score (nSPS) is 21.4. The Morgan fingerprint density at radius 2 is 1.55 bits per heavy atom. The van der Waals surface area contributed by atoms with Gasteiger partial charge in [-0.15, -0.1) is 0 Å². The van der Waals surface area contributed by atoms with Gasteiger partial charge in [0.15, 0.2) is 0 Å². The van der Waals surface area contributed by atoms with Crippen LogP contribution in [0.5, 0.6) is 11.5 Å². The zero-order valence-corrected chi connectivity index (χ0v) is 17.0. The quantitative estimate of drug-likeness (QED) is 0.654. The van der Waals surface area contributed by atoms with Gasteiger partial charge in [0.1, 0.15) is 24.7 Å². The molecule has 29 heavy (non-hydrogen) atoms. The van der Waals surface area contributed by atoms with Gasteiger partial charge in [0.05, 0.1) is 12.2 Å². The van der Waals surface area contributed by atoms with Gasteiger partial charge in [0.25, 0.3) is 0 Å². The van der Waals surface area contributed by atoms with Crippen LogP contribution in [0.2, 0.25) is 0 Å². The average molecular weight is 398 g/mol. The summed E-state index contributed by atoms with van der Waals surface area (Å²) in [6.07, 6.45) is 4.77. The fraction of sp³-hybridized carbons (Fsp3) is 0.500. The van der Waals surface area contributed by atoms with Gasteiger partial charge >= 0.3 is 0 Å². The summed E-state index contributed by atoms with van der Waals surface area (Å²) < 4.78 is 23.5. The van der Waals surface area contributed by atoms with Gasteiger partial charge in [0.2, 0.25) is 0 Å². The van der Waals surface area contributed by atoms with Crippen LogP contribution in [0, 0.1) is 0 Å². The van der Waals surface area contributed by atoms with E-state index in [1.54, 1.807) is 0 Å². The van der Waals surface area contributed by atoms with E-state index in [1.165, 1.54) is 5.56 Å². The SMILES string of the molecule is c1ccc(CNCc2ccc(OCC3CCCO3)cc2OCC2CCCO2)cc1. The molecule has 1 N–H and O–H groups in total. The molecule has 2 unspecified atom stereocenters. The Balaban J connectivity index is 1.37. The molecule has 2 aliphatic heterocycles. The van der Waals surface area contributed by atoms with E-state index in [9.17, 15) is 0 Å². The topological polar surface area (TPSA) is 49.0 Å².